The zero-order valence-corrected chi connectivity index (χ0v) is 21.0. The number of allylic oxidation sites excluding steroid dienone is 1. The minimum Gasteiger partial charge on any atom is -0.491 e. The quantitative estimate of drug-likeness (QED) is 0.246. The van der Waals surface area contributed by atoms with Crippen molar-refractivity contribution >= 4 is 11.5 Å². The van der Waals surface area contributed by atoms with Crippen molar-refractivity contribution in [1.29, 1.82) is 0 Å². The Morgan fingerprint density at radius 1 is 0.872 bits per heavy atom. The van der Waals surface area contributed by atoms with Gasteiger partial charge >= 0.3 is 5.97 Å². The Morgan fingerprint density at radius 2 is 1.49 bits per heavy atom. The zero-order valence-electron chi connectivity index (χ0n) is 21.0. The van der Waals surface area contributed by atoms with Gasteiger partial charge in [-0.2, -0.15) is 4.39 Å². The predicted octanol–water partition coefficient (Wildman–Crippen LogP) is 7.43. The molecule has 0 aromatic heterocycles. The summed E-state index contributed by atoms with van der Waals surface area (Å²) in [6.07, 6.45) is 0.156. The van der Waals surface area contributed by atoms with Gasteiger partial charge in [-0.3, -0.25) is 0 Å². The second kappa shape index (κ2) is 11.5. The summed E-state index contributed by atoms with van der Waals surface area (Å²) in [6, 6.07) is 6.63. The van der Waals surface area contributed by atoms with Crippen molar-refractivity contribution in [1.82, 2.24) is 0 Å². The van der Waals surface area contributed by atoms with Gasteiger partial charge in [-0.25, -0.2) is 26.7 Å². The van der Waals surface area contributed by atoms with Gasteiger partial charge in [0, 0.05) is 28.7 Å². The summed E-state index contributed by atoms with van der Waals surface area (Å²) in [5.41, 5.74) is -1.56. The first-order chi connectivity index (χ1) is 18.5. The fourth-order valence-corrected chi connectivity index (χ4v) is 4.43. The second-order valence-corrected chi connectivity index (χ2v) is 9.00. The molecule has 0 heterocycles. The summed E-state index contributed by atoms with van der Waals surface area (Å²) in [5, 5.41) is 9.55. The summed E-state index contributed by atoms with van der Waals surface area (Å²) >= 11 is 0. The molecule has 3 aromatic rings. The molecule has 1 aliphatic rings. The van der Waals surface area contributed by atoms with Crippen molar-refractivity contribution < 1.29 is 45.7 Å². The van der Waals surface area contributed by atoms with Crippen LogP contribution in [0.15, 0.2) is 42.5 Å². The van der Waals surface area contributed by atoms with E-state index in [2.05, 4.69) is 0 Å². The van der Waals surface area contributed by atoms with Gasteiger partial charge in [0.2, 0.25) is 5.82 Å². The highest BCUT2D eigenvalue weighted by molar-refractivity contribution is 5.91. The molecule has 3 aromatic carbocycles. The molecule has 0 aliphatic heterocycles. The van der Waals surface area contributed by atoms with Crippen molar-refractivity contribution in [3.05, 3.63) is 94.1 Å². The van der Waals surface area contributed by atoms with E-state index in [1.165, 1.54) is 19.1 Å². The molecule has 206 valence electrons. The smallest absolute Gasteiger partial charge is 0.341 e. The fourth-order valence-electron chi connectivity index (χ4n) is 4.43. The third-order valence-electron chi connectivity index (χ3n) is 6.48. The number of hydrogen-bond donors (Lipinski definition) is 1. The van der Waals surface area contributed by atoms with Gasteiger partial charge in [0.05, 0.1) is 18.3 Å². The summed E-state index contributed by atoms with van der Waals surface area (Å²) < 4.78 is 97.4. The number of benzene rings is 3. The van der Waals surface area contributed by atoms with Gasteiger partial charge < -0.3 is 14.6 Å². The number of esters is 1. The average molecular weight is 550 g/mol. The molecule has 2 atom stereocenters. The van der Waals surface area contributed by atoms with E-state index < -0.39 is 69.8 Å². The Balaban J connectivity index is 1.50. The number of rotatable bonds is 7. The third kappa shape index (κ3) is 5.52. The van der Waals surface area contributed by atoms with Gasteiger partial charge in [0.25, 0.3) is 0 Å². The Labute approximate surface area is 220 Å². The van der Waals surface area contributed by atoms with E-state index in [0.29, 0.717) is 5.57 Å². The lowest BCUT2D eigenvalue weighted by Crippen LogP contribution is -2.21. The Morgan fingerprint density at radius 3 is 2.10 bits per heavy atom. The van der Waals surface area contributed by atoms with E-state index in [1.54, 1.807) is 13.0 Å². The molecule has 4 rings (SSSR count). The maximum atomic E-state index is 14.8. The van der Waals surface area contributed by atoms with Crippen LogP contribution < -0.4 is 4.74 Å². The number of carbonyl (C=O) groups is 1. The monoisotopic (exact) mass is 550 g/mol. The highest BCUT2D eigenvalue weighted by atomic mass is 19.2. The summed E-state index contributed by atoms with van der Waals surface area (Å²) in [5.74, 6) is -9.74. The summed E-state index contributed by atoms with van der Waals surface area (Å²) in [7, 11) is 0. The van der Waals surface area contributed by atoms with Crippen molar-refractivity contribution in [2.75, 3.05) is 6.61 Å². The van der Waals surface area contributed by atoms with Crippen LogP contribution in [-0.2, 0) is 4.74 Å². The van der Waals surface area contributed by atoms with E-state index in [4.69, 9.17) is 9.47 Å². The molecule has 2 unspecified atom stereocenters. The van der Waals surface area contributed by atoms with Crippen LogP contribution in [0.2, 0.25) is 0 Å². The molecule has 1 aliphatic carbocycles. The molecule has 1 N–H and O–H groups in total. The van der Waals surface area contributed by atoms with Gasteiger partial charge in [0.1, 0.15) is 6.10 Å². The molecule has 0 fully saturated rings. The van der Waals surface area contributed by atoms with E-state index in [0.717, 1.165) is 24.3 Å². The molecule has 0 bridgehead atoms. The van der Waals surface area contributed by atoms with Crippen LogP contribution in [0.25, 0.3) is 16.7 Å². The number of carbonyl (C=O) groups excluding carboxylic acids is 1. The predicted molar refractivity (Wildman–Crippen MR) is 131 cm³/mol. The van der Waals surface area contributed by atoms with E-state index in [1.807, 2.05) is 0 Å². The lowest BCUT2D eigenvalue weighted by molar-refractivity contribution is 0.0279. The van der Waals surface area contributed by atoms with Crippen molar-refractivity contribution in [3.8, 4) is 16.9 Å². The zero-order chi connectivity index (χ0) is 28.4. The van der Waals surface area contributed by atoms with Crippen LogP contribution in [-0.4, -0.2) is 23.8 Å². The Kier molecular flexibility index (Phi) is 8.34. The first-order valence-electron chi connectivity index (χ1n) is 12.2. The number of hydrogen-bond acceptors (Lipinski definition) is 4. The average Bonchev–Trinajstić information content (AvgIpc) is 2.91. The van der Waals surface area contributed by atoms with E-state index in [-0.39, 0.29) is 42.7 Å². The normalized spacial score (nSPS) is 16.0. The molecule has 10 heteroatoms. The van der Waals surface area contributed by atoms with Crippen molar-refractivity contribution in [3.63, 3.8) is 0 Å². The first kappa shape index (κ1) is 28.2. The molecular weight excluding hydrogens is 526 g/mol. The highest BCUT2D eigenvalue weighted by Gasteiger charge is 2.27. The van der Waals surface area contributed by atoms with Crippen molar-refractivity contribution in [2.45, 2.75) is 45.3 Å². The molecule has 39 heavy (non-hydrogen) atoms. The maximum absolute atomic E-state index is 14.8. The lowest BCUT2D eigenvalue weighted by Gasteiger charge is -2.23. The number of ether oxygens (including phenoxy) is 2. The highest BCUT2D eigenvalue weighted by Crippen LogP contribution is 2.35. The van der Waals surface area contributed by atoms with E-state index >= 15 is 0 Å². The van der Waals surface area contributed by atoms with Crippen LogP contribution in [0.5, 0.6) is 5.75 Å². The largest absolute Gasteiger partial charge is 0.491 e. The summed E-state index contributed by atoms with van der Waals surface area (Å²) in [4.78, 5) is 12.6. The molecule has 0 spiro atoms. The van der Waals surface area contributed by atoms with Gasteiger partial charge in [-0.15, -0.1) is 0 Å². The van der Waals surface area contributed by atoms with Crippen LogP contribution in [0, 0.1) is 34.9 Å². The Bertz CT molecular complexity index is 1450. The van der Waals surface area contributed by atoms with E-state index in [9.17, 15) is 36.2 Å². The van der Waals surface area contributed by atoms with Gasteiger partial charge in [0.15, 0.2) is 34.8 Å². The maximum Gasteiger partial charge on any atom is 0.341 e. The molecule has 0 saturated carbocycles. The SMILES string of the molecule is CCOc1ccc(-c2ccc(C(=O)OC3CC=C(c4ccc(C(C)O)c(F)c4F)CC3)c(F)c2F)c(F)c1F. The fraction of sp³-hybridized carbons (Fsp3) is 0.276. The van der Waals surface area contributed by atoms with Gasteiger partial charge in [-0.1, -0.05) is 24.3 Å². The minimum absolute atomic E-state index is 0.0170. The molecule has 0 saturated heterocycles. The standard InChI is InChI=1S/C29H24F6O4/c1-3-38-22-13-12-20(26(33)28(22)35)19-10-11-21(27(34)25(19)32)29(37)39-16-6-4-15(5-7-16)18-9-8-17(14(2)36)23(30)24(18)31/h4,8-14,16,36H,3,5-7H2,1-2H3. The van der Waals surface area contributed by atoms with Crippen LogP contribution >= 0.6 is 0 Å². The first-order valence-corrected chi connectivity index (χ1v) is 12.2. The number of aliphatic hydroxyl groups excluding tert-OH is 1. The number of halogens is 6. The Hall–Kier alpha value is -3.79. The molecule has 0 amide bonds. The molecule has 0 radical (unpaired) electrons. The number of aliphatic hydroxyl groups is 1. The third-order valence-corrected chi connectivity index (χ3v) is 6.48. The molecule has 4 nitrogen and oxygen atoms in total. The van der Waals surface area contributed by atoms with Crippen LogP contribution in [0.4, 0.5) is 26.3 Å². The molecular formula is C29H24F6O4. The van der Waals surface area contributed by atoms with Crippen LogP contribution in [0.1, 0.15) is 60.7 Å². The van der Waals surface area contributed by atoms with Gasteiger partial charge in [-0.05, 0) is 50.5 Å². The lowest BCUT2D eigenvalue weighted by atomic mass is 9.90. The minimum atomic E-state index is -1.59. The topological polar surface area (TPSA) is 55.8 Å². The van der Waals surface area contributed by atoms with Crippen molar-refractivity contribution in [2.24, 2.45) is 0 Å². The van der Waals surface area contributed by atoms with Crippen LogP contribution in [0.3, 0.4) is 0 Å². The summed E-state index contributed by atoms with van der Waals surface area (Å²) in [6.45, 7) is 2.95. The second-order valence-electron chi connectivity index (χ2n) is 9.00.